The number of benzene rings is 1. The van der Waals surface area contributed by atoms with Crippen LogP contribution in [-0.4, -0.2) is 22.6 Å². The van der Waals surface area contributed by atoms with Gasteiger partial charge in [-0.15, -0.1) is 0 Å². The summed E-state index contributed by atoms with van der Waals surface area (Å²) >= 11 is 3.33. The summed E-state index contributed by atoms with van der Waals surface area (Å²) in [6.45, 7) is 1.78. The van der Waals surface area contributed by atoms with Gasteiger partial charge < -0.3 is 9.47 Å². The third kappa shape index (κ3) is 3.50. The van der Waals surface area contributed by atoms with Crippen LogP contribution < -0.4 is 9.47 Å². The van der Waals surface area contributed by atoms with E-state index in [1.807, 2.05) is 0 Å². The highest BCUT2D eigenvalue weighted by Crippen LogP contribution is 2.40. The highest BCUT2D eigenvalue weighted by atomic mass is 79.9. The Kier molecular flexibility index (Phi) is 4.69. The molecule has 0 saturated carbocycles. The van der Waals surface area contributed by atoms with Crippen molar-refractivity contribution in [3.8, 4) is 11.5 Å². The molecule has 0 spiro atoms. The van der Waals surface area contributed by atoms with Gasteiger partial charge in [-0.1, -0.05) is 0 Å². The molecule has 17 heavy (non-hydrogen) atoms. The summed E-state index contributed by atoms with van der Waals surface area (Å²) in [4.78, 5) is 0. The van der Waals surface area contributed by atoms with E-state index in [0.717, 1.165) is 5.56 Å². The molecule has 0 aliphatic rings. The molecule has 0 aromatic heterocycles. The molecule has 0 saturated heterocycles. The molecule has 0 amide bonds. The Morgan fingerprint density at radius 1 is 1.29 bits per heavy atom. The second-order valence-electron chi connectivity index (χ2n) is 3.40. The lowest BCUT2D eigenvalue weighted by Gasteiger charge is -2.15. The second kappa shape index (κ2) is 5.46. The van der Waals surface area contributed by atoms with Crippen molar-refractivity contribution >= 4 is 35.7 Å². The third-order valence-corrected chi connectivity index (χ3v) is 3.79. The Balaban J connectivity index is 3.47. The van der Waals surface area contributed by atoms with E-state index >= 15 is 0 Å². The Labute approximate surface area is 113 Å². The van der Waals surface area contributed by atoms with E-state index in [9.17, 15) is 8.42 Å². The topological polar surface area (TPSA) is 52.6 Å². The van der Waals surface area contributed by atoms with Gasteiger partial charge in [-0.2, -0.15) is 0 Å². The molecular weight excluding hydrogens is 332 g/mol. The van der Waals surface area contributed by atoms with Gasteiger partial charge >= 0.3 is 0 Å². The number of ether oxygens (including phenoxy) is 2. The van der Waals surface area contributed by atoms with Crippen molar-refractivity contribution in [1.29, 1.82) is 0 Å². The molecular formula is C10H12BrClO4S. The zero-order chi connectivity index (χ0) is 13.2. The van der Waals surface area contributed by atoms with Crippen molar-refractivity contribution in [3.63, 3.8) is 0 Å². The highest BCUT2D eigenvalue weighted by molar-refractivity contribution is 9.10. The van der Waals surface area contributed by atoms with Crippen LogP contribution >= 0.6 is 26.6 Å². The summed E-state index contributed by atoms with van der Waals surface area (Å²) in [7, 11) is 4.55. The molecule has 0 bridgehead atoms. The molecule has 0 aliphatic carbocycles. The van der Waals surface area contributed by atoms with Crippen LogP contribution in [0.2, 0.25) is 0 Å². The molecule has 0 fully saturated rings. The number of aryl methyl sites for hydroxylation is 1. The maximum atomic E-state index is 11.2. The minimum absolute atomic E-state index is 0.298. The lowest BCUT2D eigenvalue weighted by molar-refractivity contribution is 0.350. The van der Waals surface area contributed by atoms with Crippen molar-refractivity contribution in [2.24, 2.45) is 0 Å². The predicted octanol–water partition coefficient (Wildman–Crippen LogP) is 2.84. The van der Waals surface area contributed by atoms with Crippen LogP contribution in [0.4, 0.5) is 0 Å². The third-order valence-electron chi connectivity index (χ3n) is 2.24. The fourth-order valence-electron chi connectivity index (χ4n) is 1.53. The van der Waals surface area contributed by atoms with Crippen LogP contribution in [0.1, 0.15) is 11.1 Å². The Bertz CT molecular complexity index is 528. The van der Waals surface area contributed by atoms with Gasteiger partial charge in [-0.25, -0.2) is 8.42 Å². The number of hydrogen-bond donors (Lipinski definition) is 0. The number of methoxy groups -OCH3 is 2. The molecule has 7 heteroatoms. The summed E-state index contributed by atoms with van der Waals surface area (Å²) in [6.07, 6.45) is 0. The van der Waals surface area contributed by atoms with Crippen LogP contribution in [-0.2, 0) is 14.8 Å². The first-order chi connectivity index (χ1) is 7.80. The van der Waals surface area contributed by atoms with E-state index in [1.54, 1.807) is 13.0 Å². The molecule has 4 nitrogen and oxygen atoms in total. The first-order valence-corrected chi connectivity index (χ1v) is 7.89. The molecule has 96 valence electrons. The average molecular weight is 344 g/mol. The molecule has 0 N–H and O–H groups in total. The molecule has 1 aromatic rings. The van der Waals surface area contributed by atoms with Crippen LogP contribution in [0.15, 0.2) is 10.5 Å². The number of halogens is 2. The van der Waals surface area contributed by atoms with Crippen LogP contribution in [0.3, 0.4) is 0 Å². The fraction of sp³-hybridized carbons (Fsp3) is 0.400. The van der Waals surface area contributed by atoms with Gasteiger partial charge in [0.2, 0.25) is 9.05 Å². The highest BCUT2D eigenvalue weighted by Gasteiger charge is 2.20. The summed E-state index contributed by atoms with van der Waals surface area (Å²) in [5, 5.41) is 0. The van der Waals surface area contributed by atoms with Gasteiger partial charge in [0.15, 0.2) is 11.5 Å². The normalized spacial score (nSPS) is 11.4. The van der Waals surface area contributed by atoms with Gasteiger partial charge in [-0.3, -0.25) is 0 Å². The van der Waals surface area contributed by atoms with E-state index in [4.69, 9.17) is 20.2 Å². The second-order valence-corrected chi connectivity index (χ2v) is 7.03. The van der Waals surface area contributed by atoms with E-state index in [0.29, 0.717) is 21.5 Å². The zero-order valence-corrected chi connectivity index (χ0v) is 12.7. The monoisotopic (exact) mass is 342 g/mol. The van der Waals surface area contributed by atoms with E-state index < -0.39 is 9.05 Å². The van der Waals surface area contributed by atoms with Gasteiger partial charge in [-0.05, 0) is 34.5 Å². The van der Waals surface area contributed by atoms with Crippen molar-refractivity contribution in [1.82, 2.24) is 0 Å². The first-order valence-electron chi connectivity index (χ1n) is 4.62. The minimum Gasteiger partial charge on any atom is -0.492 e. The summed E-state index contributed by atoms with van der Waals surface area (Å²) in [5.74, 6) is 0.532. The van der Waals surface area contributed by atoms with E-state index in [-0.39, 0.29) is 5.75 Å². The number of hydrogen-bond acceptors (Lipinski definition) is 4. The van der Waals surface area contributed by atoms with Crippen molar-refractivity contribution in [3.05, 3.63) is 21.7 Å². The van der Waals surface area contributed by atoms with Gasteiger partial charge in [0.25, 0.3) is 0 Å². The Morgan fingerprint density at radius 2 is 1.82 bits per heavy atom. The molecule has 1 rings (SSSR count). The maximum Gasteiger partial charge on any atom is 0.236 e. The van der Waals surface area contributed by atoms with Crippen molar-refractivity contribution in [2.75, 3.05) is 14.2 Å². The molecule has 0 unspecified atom stereocenters. The van der Waals surface area contributed by atoms with Crippen molar-refractivity contribution in [2.45, 2.75) is 12.7 Å². The van der Waals surface area contributed by atoms with Gasteiger partial charge in [0, 0.05) is 16.2 Å². The molecule has 0 radical (unpaired) electrons. The quantitative estimate of drug-likeness (QED) is 0.789. The minimum atomic E-state index is -3.65. The summed E-state index contributed by atoms with van der Waals surface area (Å²) in [6, 6.07) is 1.76. The fourth-order valence-corrected chi connectivity index (χ4v) is 3.24. The zero-order valence-electron chi connectivity index (χ0n) is 9.58. The summed E-state index contributed by atoms with van der Waals surface area (Å²) in [5.41, 5.74) is 1.27. The van der Waals surface area contributed by atoms with Crippen molar-refractivity contribution < 1.29 is 17.9 Å². The SMILES string of the molecule is COc1c(Br)cc(C)c(CS(=O)(=O)Cl)c1OC. The lowest BCUT2D eigenvalue weighted by Crippen LogP contribution is -2.03. The van der Waals surface area contributed by atoms with Gasteiger partial charge in [0.1, 0.15) is 0 Å². The van der Waals surface area contributed by atoms with E-state index in [1.165, 1.54) is 14.2 Å². The number of rotatable bonds is 4. The summed E-state index contributed by atoms with van der Waals surface area (Å²) < 4.78 is 33.4. The van der Waals surface area contributed by atoms with Crippen LogP contribution in [0.5, 0.6) is 11.5 Å². The molecule has 1 aromatic carbocycles. The van der Waals surface area contributed by atoms with Crippen LogP contribution in [0.25, 0.3) is 0 Å². The smallest absolute Gasteiger partial charge is 0.236 e. The van der Waals surface area contributed by atoms with E-state index in [2.05, 4.69) is 15.9 Å². The Morgan fingerprint density at radius 3 is 2.24 bits per heavy atom. The Hall–Kier alpha value is -0.460. The first kappa shape index (κ1) is 14.6. The predicted molar refractivity (Wildman–Crippen MR) is 70.5 cm³/mol. The average Bonchev–Trinajstić information content (AvgIpc) is 2.19. The molecule has 0 aliphatic heterocycles. The standard InChI is InChI=1S/C10H12BrClO4S/c1-6-4-8(11)10(16-3)9(15-2)7(6)5-17(12,13)14/h4H,5H2,1-3H3. The molecule has 0 heterocycles. The van der Waals surface area contributed by atoms with Crippen LogP contribution in [0, 0.1) is 6.92 Å². The molecule has 0 atom stereocenters. The maximum absolute atomic E-state index is 11.2. The largest absolute Gasteiger partial charge is 0.492 e. The van der Waals surface area contributed by atoms with Gasteiger partial charge in [0.05, 0.1) is 24.4 Å². The lowest BCUT2D eigenvalue weighted by atomic mass is 10.1.